The van der Waals surface area contributed by atoms with Gasteiger partial charge < -0.3 is 14.4 Å². The van der Waals surface area contributed by atoms with Crippen LogP contribution >= 0.6 is 0 Å². The minimum Gasteiger partial charge on any atom is -0.466 e. The first kappa shape index (κ1) is 22.5. The van der Waals surface area contributed by atoms with Crippen molar-refractivity contribution in [3.05, 3.63) is 65.7 Å². The standard InChI is InChI=1S/C25H25FN2O5/c1-2-32-25(31)18-6-5-13-27(15-18)23(29)16-28-20-7-3-4-8-21(20)33-22(24(28)30)14-17-9-11-19(26)12-10-17/h3-4,7-12,14,18H,2,5-6,13,15-16H2,1H3/b22-14+/t18-/m0/s1. The Kier molecular flexibility index (Phi) is 6.72. The van der Waals surface area contributed by atoms with E-state index >= 15 is 0 Å². The van der Waals surface area contributed by atoms with Crippen molar-refractivity contribution in [3.63, 3.8) is 0 Å². The summed E-state index contributed by atoms with van der Waals surface area (Å²) in [6.07, 6.45) is 2.89. The number of fused-ring (bicyclic) bond motifs is 1. The number of benzene rings is 2. The number of anilines is 1. The Morgan fingerprint density at radius 2 is 1.94 bits per heavy atom. The number of halogens is 1. The van der Waals surface area contributed by atoms with Crippen molar-refractivity contribution in [2.45, 2.75) is 19.8 Å². The minimum absolute atomic E-state index is 0.0381. The van der Waals surface area contributed by atoms with Gasteiger partial charge in [0, 0.05) is 13.1 Å². The Hall–Kier alpha value is -3.68. The molecule has 0 N–H and O–H groups in total. The first-order chi connectivity index (χ1) is 16.0. The van der Waals surface area contributed by atoms with Crippen LogP contribution in [0.2, 0.25) is 0 Å². The average molecular weight is 452 g/mol. The van der Waals surface area contributed by atoms with Crippen LogP contribution in [0.4, 0.5) is 10.1 Å². The van der Waals surface area contributed by atoms with E-state index in [-0.39, 0.29) is 42.5 Å². The van der Waals surface area contributed by atoms with E-state index in [1.807, 2.05) is 0 Å². The first-order valence-electron chi connectivity index (χ1n) is 11.0. The van der Waals surface area contributed by atoms with Crippen molar-refractivity contribution in [3.8, 4) is 5.75 Å². The quantitative estimate of drug-likeness (QED) is 0.514. The SMILES string of the molecule is CCOC(=O)[C@H]1CCCN(C(=O)CN2C(=O)/C(=C\c3ccc(F)cc3)Oc3ccccc32)C1. The van der Waals surface area contributed by atoms with E-state index < -0.39 is 5.91 Å². The number of para-hydroxylation sites is 2. The molecule has 0 aromatic heterocycles. The van der Waals surface area contributed by atoms with Gasteiger partial charge in [-0.05, 0) is 55.7 Å². The fraction of sp³-hybridized carbons (Fsp3) is 0.320. The molecule has 0 unspecified atom stereocenters. The second kappa shape index (κ2) is 9.85. The molecule has 33 heavy (non-hydrogen) atoms. The molecule has 0 saturated carbocycles. The predicted octanol–water partition coefficient (Wildman–Crippen LogP) is 3.39. The molecule has 2 amide bonds. The number of likely N-dealkylation sites (tertiary alicyclic amines) is 1. The third kappa shape index (κ3) is 5.05. The zero-order valence-electron chi connectivity index (χ0n) is 18.3. The van der Waals surface area contributed by atoms with Crippen molar-refractivity contribution < 1.29 is 28.2 Å². The van der Waals surface area contributed by atoms with E-state index in [0.717, 1.165) is 0 Å². The molecule has 2 heterocycles. The van der Waals surface area contributed by atoms with Gasteiger partial charge in [-0.3, -0.25) is 19.3 Å². The monoisotopic (exact) mass is 452 g/mol. The van der Waals surface area contributed by atoms with Gasteiger partial charge in [-0.1, -0.05) is 24.3 Å². The Morgan fingerprint density at radius 1 is 1.18 bits per heavy atom. The summed E-state index contributed by atoms with van der Waals surface area (Å²) in [5, 5.41) is 0. The first-order valence-corrected chi connectivity index (χ1v) is 11.0. The Morgan fingerprint density at radius 3 is 2.70 bits per heavy atom. The highest BCUT2D eigenvalue weighted by Gasteiger charge is 2.35. The number of amides is 2. The van der Waals surface area contributed by atoms with E-state index in [0.29, 0.717) is 43.0 Å². The lowest BCUT2D eigenvalue weighted by Crippen LogP contribution is -2.49. The molecule has 0 bridgehead atoms. The minimum atomic E-state index is -0.467. The van der Waals surface area contributed by atoms with Crippen LogP contribution in [-0.4, -0.2) is 48.9 Å². The normalized spacial score (nSPS) is 19.2. The third-order valence-electron chi connectivity index (χ3n) is 5.69. The Labute approximate surface area is 191 Å². The molecule has 172 valence electrons. The molecule has 1 saturated heterocycles. The lowest BCUT2D eigenvalue weighted by atomic mass is 9.98. The number of hydrogen-bond donors (Lipinski definition) is 0. The van der Waals surface area contributed by atoms with Crippen molar-refractivity contribution in [1.82, 2.24) is 4.90 Å². The molecule has 1 atom stereocenters. The van der Waals surface area contributed by atoms with Gasteiger partial charge >= 0.3 is 5.97 Å². The maximum absolute atomic E-state index is 13.2. The number of esters is 1. The van der Waals surface area contributed by atoms with Gasteiger partial charge in [-0.15, -0.1) is 0 Å². The van der Waals surface area contributed by atoms with Crippen LogP contribution < -0.4 is 9.64 Å². The molecule has 0 spiro atoms. The van der Waals surface area contributed by atoms with Gasteiger partial charge in [-0.25, -0.2) is 4.39 Å². The van der Waals surface area contributed by atoms with E-state index in [1.165, 1.54) is 35.2 Å². The van der Waals surface area contributed by atoms with Crippen molar-refractivity contribution in [1.29, 1.82) is 0 Å². The van der Waals surface area contributed by atoms with Crippen LogP contribution in [-0.2, 0) is 19.1 Å². The van der Waals surface area contributed by atoms with Gasteiger partial charge in [0.25, 0.3) is 5.91 Å². The van der Waals surface area contributed by atoms with Crippen molar-refractivity contribution >= 4 is 29.5 Å². The van der Waals surface area contributed by atoms with Gasteiger partial charge in [0.1, 0.15) is 12.4 Å². The number of rotatable bonds is 5. The maximum atomic E-state index is 13.2. The highest BCUT2D eigenvalue weighted by atomic mass is 19.1. The van der Waals surface area contributed by atoms with Gasteiger partial charge in [0.2, 0.25) is 5.91 Å². The molecule has 8 heteroatoms. The number of carbonyl (C=O) groups is 3. The maximum Gasteiger partial charge on any atom is 0.310 e. The third-order valence-corrected chi connectivity index (χ3v) is 5.69. The Balaban J connectivity index is 1.55. The molecule has 2 aromatic carbocycles. The smallest absolute Gasteiger partial charge is 0.310 e. The van der Waals surface area contributed by atoms with Crippen LogP contribution in [0.5, 0.6) is 5.75 Å². The largest absolute Gasteiger partial charge is 0.466 e. The van der Waals surface area contributed by atoms with Crippen molar-refractivity contribution in [2.24, 2.45) is 5.92 Å². The average Bonchev–Trinajstić information content (AvgIpc) is 2.83. The molecule has 2 aromatic rings. The molecule has 4 rings (SSSR count). The zero-order chi connectivity index (χ0) is 23.4. The van der Waals surface area contributed by atoms with Gasteiger partial charge in [0.05, 0.1) is 18.2 Å². The van der Waals surface area contributed by atoms with Crippen LogP contribution in [0.25, 0.3) is 6.08 Å². The van der Waals surface area contributed by atoms with E-state index in [2.05, 4.69) is 0 Å². The molecular formula is C25H25FN2O5. The summed E-state index contributed by atoms with van der Waals surface area (Å²) in [5.74, 6) is -1.28. The molecule has 2 aliphatic rings. The second-order valence-electron chi connectivity index (χ2n) is 7.95. The number of piperidine rings is 1. The summed E-state index contributed by atoms with van der Waals surface area (Å²) in [6, 6.07) is 12.6. The topological polar surface area (TPSA) is 76.2 Å². The molecule has 2 aliphatic heterocycles. The molecule has 1 fully saturated rings. The molecule has 0 aliphatic carbocycles. The lowest BCUT2D eigenvalue weighted by molar-refractivity contribution is -0.151. The van der Waals surface area contributed by atoms with Crippen LogP contribution in [0.1, 0.15) is 25.3 Å². The van der Waals surface area contributed by atoms with E-state index in [4.69, 9.17) is 9.47 Å². The van der Waals surface area contributed by atoms with E-state index in [1.54, 1.807) is 36.1 Å². The number of carbonyl (C=O) groups excluding carboxylic acids is 3. The Bertz CT molecular complexity index is 1080. The fourth-order valence-electron chi connectivity index (χ4n) is 4.02. The second-order valence-corrected chi connectivity index (χ2v) is 7.95. The summed E-state index contributed by atoms with van der Waals surface area (Å²) < 4.78 is 24.2. The van der Waals surface area contributed by atoms with Crippen LogP contribution in [0.15, 0.2) is 54.3 Å². The fourth-order valence-corrected chi connectivity index (χ4v) is 4.02. The summed E-state index contributed by atoms with van der Waals surface area (Å²) in [5.41, 5.74) is 1.09. The highest BCUT2D eigenvalue weighted by molar-refractivity contribution is 6.12. The number of ether oxygens (including phenoxy) is 2. The summed E-state index contributed by atoms with van der Waals surface area (Å²) in [7, 11) is 0. The summed E-state index contributed by atoms with van der Waals surface area (Å²) >= 11 is 0. The lowest BCUT2D eigenvalue weighted by Gasteiger charge is -2.35. The van der Waals surface area contributed by atoms with Crippen LogP contribution in [0.3, 0.4) is 0 Å². The molecule has 7 nitrogen and oxygen atoms in total. The highest BCUT2D eigenvalue weighted by Crippen LogP contribution is 2.35. The summed E-state index contributed by atoms with van der Waals surface area (Å²) in [6.45, 7) is 2.66. The summed E-state index contributed by atoms with van der Waals surface area (Å²) in [4.78, 5) is 41.5. The number of nitrogens with zero attached hydrogens (tertiary/aromatic N) is 2. The van der Waals surface area contributed by atoms with Crippen molar-refractivity contribution in [2.75, 3.05) is 31.1 Å². The van der Waals surface area contributed by atoms with Gasteiger partial charge in [0.15, 0.2) is 11.5 Å². The van der Waals surface area contributed by atoms with E-state index in [9.17, 15) is 18.8 Å². The predicted molar refractivity (Wildman–Crippen MR) is 120 cm³/mol. The molecular weight excluding hydrogens is 427 g/mol. The number of hydrogen-bond acceptors (Lipinski definition) is 5. The van der Waals surface area contributed by atoms with Crippen LogP contribution in [0, 0.1) is 11.7 Å². The van der Waals surface area contributed by atoms with Gasteiger partial charge in [-0.2, -0.15) is 0 Å². The zero-order valence-corrected chi connectivity index (χ0v) is 18.3. The molecule has 0 radical (unpaired) electrons.